The largest absolute Gasteiger partial charge is 0.453 e. The summed E-state index contributed by atoms with van der Waals surface area (Å²) in [6.07, 6.45) is 7.29. The zero-order valence-corrected chi connectivity index (χ0v) is 24.9. The molecule has 2 aliphatic rings. The molecule has 1 unspecified atom stereocenters. The second-order valence-electron chi connectivity index (χ2n) is 11.0. The van der Waals surface area contributed by atoms with E-state index in [1.165, 1.54) is 28.2 Å². The molecule has 2 aromatic heterocycles. The van der Waals surface area contributed by atoms with Crippen molar-refractivity contribution in [2.45, 2.75) is 44.7 Å². The first-order chi connectivity index (χ1) is 20.9. The third-order valence-electron chi connectivity index (χ3n) is 8.53. The van der Waals surface area contributed by atoms with E-state index >= 15 is 0 Å². The molecule has 2 atom stereocenters. The third-order valence-corrected chi connectivity index (χ3v) is 9.63. The molecule has 1 fully saturated rings. The molecule has 9 nitrogen and oxygen atoms in total. The number of amides is 4. The number of hydrogen-bond acceptors (Lipinski definition) is 7. The van der Waals surface area contributed by atoms with Crippen molar-refractivity contribution in [3.05, 3.63) is 82.9 Å². The minimum atomic E-state index is -0.875. The molecule has 1 aliphatic heterocycles. The first-order valence-corrected chi connectivity index (χ1v) is 15.5. The molecule has 6 rings (SSSR count). The van der Waals surface area contributed by atoms with E-state index in [-0.39, 0.29) is 19.0 Å². The van der Waals surface area contributed by atoms with E-state index in [0.29, 0.717) is 18.8 Å². The van der Waals surface area contributed by atoms with Gasteiger partial charge in [0.05, 0.1) is 13.7 Å². The fourth-order valence-electron chi connectivity index (χ4n) is 6.39. The van der Waals surface area contributed by atoms with Crippen LogP contribution in [-0.4, -0.2) is 59.1 Å². The number of rotatable bonds is 6. The number of allylic oxidation sites excluding steroid dienone is 1. The van der Waals surface area contributed by atoms with Gasteiger partial charge in [-0.3, -0.25) is 14.6 Å². The van der Waals surface area contributed by atoms with E-state index in [9.17, 15) is 14.4 Å². The summed E-state index contributed by atoms with van der Waals surface area (Å²) in [6, 6.07) is 16.6. The van der Waals surface area contributed by atoms with Gasteiger partial charge in [-0.25, -0.2) is 14.6 Å². The van der Waals surface area contributed by atoms with Crippen LogP contribution in [0.4, 0.5) is 15.4 Å². The van der Waals surface area contributed by atoms with Gasteiger partial charge in [0.2, 0.25) is 0 Å². The Morgan fingerprint density at radius 3 is 2.79 bits per heavy atom. The number of pyridine rings is 1. The zero-order chi connectivity index (χ0) is 29.9. The first kappa shape index (κ1) is 28.7. The van der Waals surface area contributed by atoms with Crippen molar-refractivity contribution < 1.29 is 19.1 Å². The number of imide groups is 1. The number of nitrogens with one attached hydrogen (secondary N) is 1. The normalized spacial score (nSPS) is 18.2. The van der Waals surface area contributed by atoms with Crippen LogP contribution in [0.3, 0.4) is 0 Å². The van der Waals surface area contributed by atoms with Crippen LogP contribution in [0.15, 0.2) is 72.4 Å². The highest BCUT2D eigenvalue weighted by Crippen LogP contribution is 2.37. The van der Waals surface area contributed by atoms with Crippen molar-refractivity contribution in [3.8, 4) is 0 Å². The van der Waals surface area contributed by atoms with Crippen LogP contribution >= 0.6 is 11.3 Å². The van der Waals surface area contributed by atoms with Crippen LogP contribution in [0.25, 0.3) is 20.9 Å². The molecule has 1 aliphatic carbocycles. The Morgan fingerprint density at radius 2 is 1.95 bits per heavy atom. The molecule has 0 bridgehead atoms. The van der Waals surface area contributed by atoms with Gasteiger partial charge in [-0.15, -0.1) is 11.3 Å². The lowest BCUT2D eigenvalue weighted by Crippen LogP contribution is -2.58. The molecule has 43 heavy (non-hydrogen) atoms. The predicted octanol–water partition coefficient (Wildman–Crippen LogP) is 5.88. The Kier molecular flexibility index (Phi) is 8.29. The summed E-state index contributed by atoms with van der Waals surface area (Å²) in [6.45, 7) is 0.791. The monoisotopic (exact) mass is 597 g/mol. The van der Waals surface area contributed by atoms with Crippen molar-refractivity contribution in [2.75, 3.05) is 25.9 Å². The standard InChI is InChI=1S/C33H35N5O4S/c1-42-33(41)37-17-14-23-8-3-5-12-26(23)29(37)31(39)38(18-15-22-10-6-9-21-7-2-4-11-25(21)22)32(40)36-20-24-19-27-28(43-24)13-16-35-30(27)34/h2,4,6-7,9-13,16,19,23,29H,3,5,8,14-15,17-18,20H2,1H3,(H2,34,35)(H,36,40)/t23?,29-/m0/s1. The third kappa shape index (κ3) is 5.79. The zero-order valence-electron chi connectivity index (χ0n) is 24.1. The molecule has 2 aromatic carbocycles. The maximum absolute atomic E-state index is 14.5. The second kappa shape index (κ2) is 12.4. The maximum atomic E-state index is 14.5. The quantitative estimate of drug-likeness (QED) is 0.268. The van der Waals surface area contributed by atoms with E-state index in [1.807, 2.05) is 48.5 Å². The minimum Gasteiger partial charge on any atom is -0.453 e. The molecule has 4 aromatic rings. The van der Waals surface area contributed by atoms with Crippen molar-refractivity contribution in [3.63, 3.8) is 0 Å². The fourth-order valence-corrected chi connectivity index (χ4v) is 7.40. The number of aromatic nitrogens is 1. The highest BCUT2D eigenvalue weighted by atomic mass is 32.1. The molecule has 3 heterocycles. The number of fused-ring (bicyclic) bond motifs is 3. The lowest BCUT2D eigenvalue weighted by molar-refractivity contribution is -0.133. The molecule has 10 heteroatoms. The van der Waals surface area contributed by atoms with Gasteiger partial charge >= 0.3 is 12.1 Å². The molecule has 0 spiro atoms. The Morgan fingerprint density at radius 1 is 1.12 bits per heavy atom. The number of ether oxygens (including phenoxy) is 1. The van der Waals surface area contributed by atoms with Gasteiger partial charge in [-0.1, -0.05) is 48.5 Å². The maximum Gasteiger partial charge on any atom is 0.410 e. The SMILES string of the molecule is COC(=O)N1CCC2CCCC=C2[C@H]1C(=O)N(CCc1cccc2ccccc12)C(=O)NCc1cc2c(N)nccc2s1. The van der Waals surface area contributed by atoms with Crippen molar-refractivity contribution in [1.29, 1.82) is 0 Å². The van der Waals surface area contributed by atoms with Gasteiger partial charge in [-0.2, -0.15) is 0 Å². The number of carbonyl (C=O) groups is 3. The predicted molar refractivity (Wildman–Crippen MR) is 169 cm³/mol. The summed E-state index contributed by atoms with van der Waals surface area (Å²) >= 11 is 1.52. The number of nitrogen functional groups attached to an aromatic ring is 1. The topological polar surface area (TPSA) is 118 Å². The van der Waals surface area contributed by atoms with E-state index in [1.54, 1.807) is 6.20 Å². The van der Waals surface area contributed by atoms with Gasteiger partial charge in [0.15, 0.2) is 0 Å². The van der Waals surface area contributed by atoms with E-state index in [0.717, 1.165) is 62.6 Å². The van der Waals surface area contributed by atoms with Gasteiger partial charge in [-0.05, 0) is 72.1 Å². The average Bonchev–Trinajstić information content (AvgIpc) is 3.47. The number of piperidine rings is 1. The summed E-state index contributed by atoms with van der Waals surface area (Å²) in [5.74, 6) is 0.240. The van der Waals surface area contributed by atoms with E-state index < -0.39 is 24.1 Å². The molecule has 1 saturated heterocycles. The van der Waals surface area contributed by atoms with Crippen molar-refractivity contribution >= 4 is 56.0 Å². The highest BCUT2D eigenvalue weighted by Gasteiger charge is 2.44. The number of urea groups is 1. The molecular weight excluding hydrogens is 562 g/mol. The van der Waals surface area contributed by atoms with E-state index in [4.69, 9.17) is 10.5 Å². The Balaban J connectivity index is 1.30. The summed E-state index contributed by atoms with van der Waals surface area (Å²) in [7, 11) is 1.32. The number of benzene rings is 2. The molecule has 0 saturated carbocycles. The number of nitrogens with zero attached hydrogens (tertiary/aromatic N) is 3. The highest BCUT2D eigenvalue weighted by molar-refractivity contribution is 7.19. The Hall–Kier alpha value is -4.44. The number of carbonyl (C=O) groups excluding carboxylic acids is 3. The van der Waals surface area contributed by atoms with Crippen LogP contribution < -0.4 is 11.1 Å². The van der Waals surface area contributed by atoms with Crippen LogP contribution in [0.2, 0.25) is 0 Å². The van der Waals surface area contributed by atoms with Gasteiger partial charge < -0.3 is 15.8 Å². The Labute approximate surface area is 254 Å². The molecule has 3 N–H and O–H groups in total. The van der Waals surface area contributed by atoms with Crippen LogP contribution in [0, 0.1) is 5.92 Å². The van der Waals surface area contributed by atoms with E-state index in [2.05, 4.69) is 22.4 Å². The first-order valence-electron chi connectivity index (χ1n) is 14.7. The Bertz CT molecular complexity index is 1710. The van der Waals surface area contributed by atoms with Crippen molar-refractivity contribution in [2.24, 2.45) is 5.92 Å². The molecular formula is C33H35N5O4S. The summed E-state index contributed by atoms with van der Waals surface area (Å²) in [5, 5.41) is 5.98. The number of methoxy groups -OCH3 is 1. The summed E-state index contributed by atoms with van der Waals surface area (Å²) in [4.78, 5) is 49.0. The lowest BCUT2D eigenvalue weighted by atomic mass is 9.78. The van der Waals surface area contributed by atoms with Crippen LogP contribution in [-0.2, 0) is 22.5 Å². The number of likely N-dealkylation sites (tertiary alicyclic amines) is 1. The molecule has 4 amide bonds. The second-order valence-corrected chi connectivity index (χ2v) is 12.2. The number of hydrogen-bond donors (Lipinski definition) is 2. The van der Waals surface area contributed by atoms with Crippen LogP contribution in [0.5, 0.6) is 0 Å². The van der Waals surface area contributed by atoms with Gasteiger partial charge in [0.25, 0.3) is 5.91 Å². The number of nitrogens with two attached hydrogens (primary N) is 1. The van der Waals surface area contributed by atoms with Crippen LogP contribution in [0.1, 0.15) is 36.1 Å². The lowest BCUT2D eigenvalue weighted by Gasteiger charge is -2.42. The minimum absolute atomic E-state index is 0.158. The van der Waals surface area contributed by atoms with Gasteiger partial charge in [0.1, 0.15) is 11.9 Å². The molecule has 222 valence electrons. The smallest absolute Gasteiger partial charge is 0.410 e. The summed E-state index contributed by atoms with van der Waals surface area (Å²) in [5.41, 5.74) is 8.00. The number of anilines is 1. The molecule has 0 radical (unpaired) electrons. The number of thiophene rings is 1. The average molecular weight is 598 g/mol. The summed E-state index contributed by atoms with van der Waals surface area (Å²) < 4.78 is 6.06. The van der Waals surface area contributed by atoms with Gasteiger partial charge in [0, 0.05) is 34.2 Å². The fraction of sp³-hybridized carbons (Fsp3) is 0.333. The van der Waals surface area contributed by atoms with Crippen molar-refractivity contribution in [1.82, 2.24) is 20.1 Å².